The molecule has 0 bridgehead atoms. The van der Waals surface area contributed by atoms with Crippen molar-refractivity contribution in [3.05, 3.63) is 0 Å². The second-order valence-electron chi connectivity index (χ2n) is 8.32. The molecular formula is C18H32O15. The van der Waals surface area contributed by atoms with Crippen LogP contribution in [0.1, 0.15) is 6.92 Å². The van der Waals surface area contributed by atoms with E-state index in [2.05, 4.69) is 0 Å². The maximum absolute atomic E-state index is 10.6. The molecule has 0 radical (unpaired) electrons. The zero-order valence-electron chi connectivity index (χ0n) is 17.6. The Morgan fingerprint density at radius 3 is 1.61 bits per heavy atom. The number of aliphatic hydroxyl groups excluding tert-OH is 10. The molecule has 0 aromatic heterocycles. The summed E-state index contributed by atoms with van der Waals surface area (Å²) in [4.78, 5) is 0. The molecule has 15 heteroatoms. The maximum atomic E-state index is 10.6. The fourth-order valence-electron chi connectivity index (χ4n) is 3.97. The lowest BCUT2D eigenvalue weighted by Crippen LogP contribution is -2.66. The van der Waals surface area contributed by atoms with Crippen molar-refractivity contribution in [1.82, 2.24) is 0 Å². The van der Waals surface area contributed by atoms with Crippen LogP contribution in [-0.4, -0.2) is 156 Å². The van der Waals surface area contributed by atoms with Gasteiger partial charge in [-0.2, -0.15) is 0 Å². The van der Waals surface area contributed by atoms with Crippen LogP contribution in [0, 0.1) is 0 Å². The Kier molecular flexibility index (Phi) is 8.99. The third-order valence-corrected chi connectivity index (χ3v) is 6.06. The zero-order chi connectivity index (χ0) is 24.6. The Morgan fingerprint density at radius 1 is 0.545 bits per heavy atom. The van der Waals surface area contributed by atoms with Crippen LogP contribution >= 0.6 is 0 Å². The summed E-state index contributed by atoms with van der Waals surface area (Å²) in [6.45, 7) is -0.115. The van der Waals surface area contributed by atoms with E-state index in [4.69, 9.17) is 23.7 Å². The van der Waals surface area contributed by atoms with Crippen molar-refractivity contribution in [3.8, 4) is 0 Å². The van der Waals surface area contributed by atoms with Crippen LogP contribution in [0.15, 0.2) is 0 Å². The van der Waals surface area contributed by atoms with Gasteiger partial charge in [-0.3, -0.25) is 0 Å². The lowest BCUT2D eigenvalue weighted by molar-refractivity contribution is -0.386. The minimum absolute atomic E-state index is 0.747. The Morgan fingerprint density at radius 2 is 1.03 bits per heavy atom. The second-order valence-corrected chi connectivity index (χ2v) is 8.32. The maximum Gasteiger partial charge on any atom is 0.187 e. The third-order valence-electron chi connectivity index (χ3n) is 6.06. The summed E-state index contributed by atoms with van der Waals surface area (Å²) in [6.07, 6.45) is -24.1. The quantitative estimate of drug-likeness (QED) is 0.167. The molecule has 0 aromatic rings. The smallest absolute Gasteiger partial charge is 0.187 e. The molecule has 0 spiro atoms. The van der Waals surface area contributed by atoms with Crippen LogP contribution in [0.4, 0.5) is 0 Å². The highest BCUT2D eigenvalue weighted by molar-refractivity contribution is 4.96. The van der Waals surface area contributed by atoms with Gasteiger partial charge in [-0.05, 0) is 6.92 Å². The number of hydrogen-bond acceptors (Lipinski definition) is 15. The summed E-state index contributed by atoms with van der Waals surface area (Å²) < 4.78 is 26.7. The zero-order valence-corrected chi connectivity index (χ0v) is 17.6. The first kappa shape index (κ1) is 27.0. The first-order valence-corrected chi connectivity index (χ1v) is 10.4. The van der Waals surface area contributed by atoms with Crippen LogP contribution in [0.3, 0.4) is 0 Å². The van der Waals surface area contributed by atoms with Gasteiger partial charge in [-0.15, -0.1) is 0 Å². The Labute approximate surface area is 187 Å². The van der Waals surface area contributed by atoms with E-state index in [0.29, 0.717) is 0 Å². The van der Waals surface area contributed by atoms with E-state index in [-0.39, 0.29) is 0 Å². The summed E-state index contributed by atoms with van der Waals surface area (Å²) >= 11 is 0. The van der Waals surface area contributed by atoms with Gasteiger partial charge in [0.15, 0.2) is 18.9 Å². The molecule has 0 amide bonds. The van der Waals surface area contributed by atoms with Gasteiger partial charge in [0.2, 0.25) is 0 Å². The van der Waals surface area contributed by atoms with Crippen molar-refractivity contribution in [2.24, 2.45) is 0 Å². The van der Waals surface area contributed by atoms with Gasteiger partial charge in [-0.25, -0.2) is 0 Å². The Bertz CT molecular complexity index is 624. The standard InChI is InChI=1S/C18H32O15/c1-4-7(21)10(24)12(26)17(29-4)33-15-14(9(23)6(3-20)30-16(15)28)32-18-13(27)11(25)8(22)5(2-19)31-18/h4-28H,2-3H2,1H3/t4-,5+,6+,7+,8-,9-,10+,11-,12-,13+,14-,15+,16+,17+,18-/m1/s1. The van der Waals surface area contributed by atoms with Crippen molar-refractivity contribution >= 4 is 0 Å². The predicted octanol–water partition coefficient (Wildman–Crippen LogP) is -6.55. The number of hydrogen-bond donors (Lipinski definition) is 10. The van der Waals surface area contributed by atoms with E-state index in [1.807, 2.05) is 0 Å². The van der Waals surface area contributed by atoms with Gasteiger partial charge in [0.25, 0.3) is 0 Å². The van der Waals surface area contributed by atoms with Crippen LogP contribution in [0.5, 0.6) is 0 Å². The van der Waals surface area contributed by atoms with E-state index in [0.717, 1.165) is 0 Å². The fraction of sp³-hybridized carbons (Fsp3) is 1.00. The molecule has 3 aliphatic rings. The average molecular weight is 488 g/mol. The van der Waals surface area contributed by atoms with E-state index < -0.39 is 105 Å². The lowest BCUT2D eigenvalue weighted by Gasteiger charge is -2.48. The minimum atomic E-state index is -1.88. The van der Waals surface area contributed by atoms with Crippen molar-refractivity contribution in [1.29, 1.82) is 0 Å². The van der Waals surface area contributed by atoms with E-state index in [1.54, 1.807) is 0 Å². The number of aliphatic hydroxyl groups is 10. The molecular weight excluding hydrogens is 456 g/mol. The molecule has 0 unspecified atom stereocenters. The average Bonchev–Trinajstić information content (AvgIpc) is 2.79. The highest BCUT2D eigenvalue weighted by atomic mass is 16.8. The summed E-state index contributed by atoms with van der Waals surface area (Å²) in [5, 5.41) is 100.0. The topological polar surface area (TPSA) is 248 Å². The van der Waals surface area contributed by atoms with Crippen molar-refractivity contribution in [3.63, 3.8) is 0 Å². The highest BCUT2D eigenvalue weighted by Crippen LogP contribution is 2.32. The van der Waals surface area contributed by atoms with Crippen LogP contribution < -0.4 is 0 Å². The highest BCUT2D eigenvalue weighted by Gasteiger charge is 2.53. The Balaban J connectivity index is 1.82. The van der Waals surface area contributed by atoms with E-state index >= 15 is 0 Å². The third kappa shape index (κ3) is 5.32. The van der Waals surface area contributed by atoms with Crippen LogP contribution in [0.25, 0.3) is 0 Å². The normalized spacial score (nSPS) is 53.7. The minimum Gasteiger partial charge on any atom is -0.394 e. The molecule has 3 heterocycles. The van der Waals surface area contributed by atoms with Gasteiger partial charge >= 0.3 is 0 Å². The largest absolute Gasteiger partial charge is 0.394 e. The molecule has 33 heavy (non-hydrogen) atoms. The molecule has 0 aromatic carbocycles. The lowest BCUT2D eigenvalue weighted by atomic mass is 9.96. The molecule has 15 atom stereocenters. The molecule has 10 N–H and O–H groups in total. The Hall–Kier alpha value is -0.600. The van der Waals surface area contributed by atoms with E-state index in [1.165, 1.54) is 6.92 Å². The summed E-state index contributed by atoms with van der Waals surface area (Å²) in [7, 11) is 0. The molecule has 3 fully saturated rings. The van der Waals surface area contributed by atoms with Gasteiger partial charge in [-0.1, -0.05) is 0 Å². The summed E-state index contributed by atoms with van der Waals surface area (Å²) in [5.74, 6) is 0. The second kappa shape index (κ2) is 11.0. The molecule has 15 nitrogen and oxygen atoms in total. The molecule has 0 aliphatic carbocycles. The van der Waals surface area contributed by atoms with Crippen LogP contribution in [0.2, 0.25) is 0 Å². The molecule has 3 saturated heterocycles. The van der Waals surface area contributed by atoms with Crippen molar-refractivity contribution in [2.45, 2.75) is 99.0 Å². The molecule has 194 valence electrons. The molecule has 3 aliphatic heterocycles. The number of rotatable bonds is 6. The monoisotopic (exact) mass is 488 g/mol. The van der Waals surface area contributed by atoms with Crippen LogP contribution in [-0.2, 0) is 23.7 Å². The number of ether oxygens (including phenoxy) is 5. The SMILES string of the molecule is C[C@H]1O[C@@H](O[C@H]2[C@H](O[C@H]3O[C@@H](CO)[C@@H](O)[C@@H](O)[C@@H]3O)[C@H](O)[C@H](CO)O[C@@H]2O)[C@H](O)[C@@H](O)[C@H]1O. The first-order chi connectivity index (χ1) is 15.5. The molecule has 0 saturated carbocycles. The van der Waals surface area contributed by atoms with Gasteiger partial charge in [0, 0.05) is 0 Å². The van der Waals surface area contributed by atoms with Gasteiger partial charge < -0.3 is 74.7 Å². The van der Waals surface area contributed by atoms with E-state index in [9.17, 15) is 51.1 Å². The van der Waals surface area contributed by atoms with Crippen molar-refractivity contribution in [2.75, 3.05) is 13.2 Å². The fourth-order valence-corrected chi connectivity index (χ4v) is 3.97. The molecule has 3 rings (SSSR count). The van der Waals surface area contributed by atoms with Gasteiger partial charge in [0.1, 0.15) is 67.1 Å². The predicted molar refractivity (Wildman–Crippen MR) is 99.8 cm³/mol. The van der Waals surface area contributed by atoms with Crippen molar-refractivity contribution < 1.29 is 74.7 Å². The van der Waals surface area contributed by atoms with Gasteiger partial charge in [0.05, 0.1) is 19.3 Å². The first-order valence-electron chi connectivity index (χ1n) is 10.4. The summed E-state index contributed by atoms with van der Waals surface area (Å²) in [5.41, 5.74) is 0. The summed E-state index contributed by atoms with van der Waals surface area (Å²) in [6, 6.07) is 0.